The zero-order valence-electron chi connectivity index (χ0n) is 14.9. The van der Waals surface area contributed by atoms with Gasteiger partial charge < -0.3 is 9.84 Å². The van der Waals surface area contributed by atoms with Crippen molar-refractivity contribution in [1.82, 2.24) is 29.9 Å². The zero-order valence-corrected chi connectivity index (χ0v) is 14.9. The second-order valence-electron chi connectivity index (χ2n) is 6.09. The van der Waals surface area contributed by atoms with Gasteiger partial charge in [-0.15, -0.1) is 0 Å². The van der Waals surface area contributed by atoms with Gasteiger partial charge in [-0.1, -0.05) is 17.3 Å². The van der Waals surface area contributed by atoms with Crippen molar-refractivity contribution in [2.24, 2.45) is 0 Å². The molecule has 3 aromatic heterocycles. The molecule has 0 spiro atoms. The molecule has 9 nitrogen and oxygen atoms in total. The lowest BCUT2D eigenvalue weighted by Gasteiger charge is -2.06. The molecule has 0 bridgehead atoms. The van der Waals surface area contributed by atoms with E-state index in [-0.39, 0.29) is 12.3 Å². The predicted octanol–water partition coefficient (Wildman–Crippen LogP) is 2.34. The van der Waals surface area contributed by atoms with Gasteiger partial charge in [0, 0.05) is 36.5 Å². The summed E-state index contributed by atoms with van der Waals surface area (Å²) < 4.78 is 6.94. The van der Waals surface area contributed by atoms with Crippen LogP contribution in [-0.4, -0.2) is 35.8 Å². The van der Waals surface area contributed by atoms with Crippen molar-refractivity contribution < 1.29 is 9.32 Å². The normalized spacial score (nSPS) is 10.7. The molecule has 0 aliphatic heterocycles. The third kappa shape index (κ3) is 4.44. The number of carbonyl (C=O) groups excluding carboxylic acids is 1. The zero-order chi connectivity index (χ0) is 19.2. The number of hydrogen-bond donors (Lipinski definition) is 1. The summed E-state index contributed by atoms with van der Waals surface area (Å²) in [5, 5.41) is 10.9. The maximum Gasteiger partial charge on any atom is 0.227 e. The van der Waals surface area contributed by atoms with Crippen molar-refractivity contribution in [3.8, 4) is 11.4 Å². The van der Waals surface area contributed by atoms with Crippen LogP contribution in [0.4, 0.5) is 5.69 Å². The quantitative estimate of drug-likeness (QED) is 0.527. The van der Waals surface area contributed by atoms with Crippen LogP contribution in [0.25, 0.3) is 11.4 Å². The monoisotopic (exact) mass is 375 g/mol. The maximum atomic E-state index is 12.2. The SMILES string of the molecule is O=C(CCc1nc(-c2ccncc2)no1)Nc1ccc(Cn2cncn2)cc1. The van der Waals surface area contributed by atoms with Crippen LogP contribution in [0.2, 0.25) is 0 Å². The number of pyridine rings is 1. The van der Waals surface area contributed by atoms with Crippen molar-refractivity contribution in [1.29, 1.82) is 0 Å². The molecule has 0 radical (unpaired) electrons. The van der Waals surface area contributed by atoms with E-state index in [0.717, 1.165) is 16.8 Å². The van der Waals surface area contributed by atoms with Crippen molar-refractivity contribution >= 4 is 11.6 Å². The minimum atomic E-state index is -0.118. The minimum Gasteiger partial charge on any atom is -0.339 e. The summed E-state index contributed by atoms with van der Waals surface area (Å²) in [5.74, 6) is 0.790. The van der Waals surface area contributed by atoms with E-state index >= 15 is 0 Å². The Kier molecular flexibility index (Phi) is 5.14. The van der Waals surface area contributed by atoms with Gasteiger partial charge in [0.2, 0.25) is 17.6 Å². The highest BCUT2D eigenvalue weighted by molar-refractivity contribution is 5.90. The van der Waals surface area contributed by atoms with Crippen LogP contribution in [0, 0.1) is 0 Å². The molecule has 0 saturated carbocycles. The fraction of sp³-hybridized carbons (Fsp3) is 0.158. The molecule has 28 heavy (non-hydrogen) atoms. The largest absolute Gasteiger partial charge is 0.339 e. The van der Waals surface area contributed by atoms with Crippen molar-refractivity contribution in [2.45, 2.75) is 19.4 Å². The number of nitrogens with zero attached hydrogens (tertiary/aromatic N) is 6. The Hall–Kier alpha value is -3.88. The van der Waals surface area contributed by atoms with Gasteiger partial charge in [0.1, 0.15) is 12.7 Å². The van der Waals surface area contributed by atoms with Crippen LogP contribution in [0.3, 0.4) is 0 Å². The van der Waals surface area contributed by atoms with Gasteiger partial charge in [-0.05, 0) is 29.8 Å². The lowest BCUT2D eigenvalue weighted by atomic mass is 10.2. The fourth-order valence-electron chi connectivity index (χ4n) is 2.61. The van der Waals surface area contributed by atoms with Gasteiger partial charge in [-0.2, -0.15) is 10.1 Å². The van der Waals surface area contributed by atoms with Crippen LogP contribution in [0.1, 0.15) is 17.9 Å². The number of nitrogens with one attached hydrogen (secondary N) is 1. The summed E-state index contributed by atoms with van der Waals surface area (Å²) >= 11 is 0. The number of aryl methyl sites for hydroxylation is 1. The van der Waals surface area contributed by atoms with Gasteiger partial charge in [0.25, 0.3) is 0 Å². The maximum absolute atomic E-state index is 12.2. The molecule has 1 aromatic carbocycles. The van der Waals surface area contributed by atoms with Crippen LogP contribution in [-0.2, 0) is 17.8 Å². The topological polar surface area (TPSA) is 112 Å². The highest BCUT2D eigenvalue weighted by Crippen LogP contribution is 2.15. The first-order chi connectivity index (χ1) is 13.8. The molecular formula is C19H17N7O2. The van der Waals surface area contributed by atoms with Gasteiger partial charge in [-0.25, -0.2) is 9.67 Å². The lowest BCUT2D eigenvalue weighted by Crippen LogP contribution is -2.12. The van der Waals surface area contributed by atoms with E-state index in [4.69, 9.17) is 4.52 Å². The molecule has 0 atom stereocenters. The van der Waals surface area contributed by atoms with Gasteiger partial charge in [-0.3, -0.25) is 9.78 Å². The number of amides is 1. The van der Waals surface area contributed by atoms with Crippen molar-refractivity contribution in [2.75, 3.05) is 5.32 Å². The highest BCUT2D eigenvalue weighted by Gasteiger charge is 2.11. The third-order valence-corrected chi connectivity index (χ3v) is 4.02. The average molecular weight is 375 g/mol. The fourth-order valence-corrected chi connectivity index (χ4v) is 2.61. The Morgan fingerprint density at radius 1 is 1.07 bits per heavy atom. The second kappa shape index (κ2) is 8.21. The predicted molar refractivity (Wildman–Crippen MR) is 100 cm³/mol. The van der Waals surface area contributed by atoms with Crippen molar-refractivity contribution in [3.63, 3.8) is 0 Å². The molecule has 4 rings (SSSR count). The first kappa shape index (κ1) is 17.5. The number of rotatable bonds is 7. The number of hydrogen-bond acceptors (Lipinski definition) is 7. The van der Waals surface area contributed by atoms with E-state index in [9.17, 15) is 4.79 Å². The van der Waals surface area contributed by atoms with E-state index in [1.165, 1.54) is 6.33 Å². The van der Waals surface area contributed by atoms with Crippen LogP contribution >= 0.6 is 0 Å². The summed E-state index contributed by atoms with van der Waals surface area (Å²) in [7, 11) is 0. The smallest absolute Gasteiger partial charge is 0.227 e. The van der Waals surface area contributed by atoms with E-state index in [1.54, 1.807) is 35.5 Å². The molecule has 0 fully saturated rings. The summed E-state index contributed by atoms with van der Waals surface area (Å²) in [6.45, 7) is 0.630. The van der Waals surface area contributed by atoms with Crippen molar-refractivity contribution in [3.05, 3.63) is 72.9 Å². The molecule has 1 amide bonds. The number of aromatic nitrogens is 6. The Morgan fingerprint density at radius 3 is 2.64 bits per heavy atom. The first-order valence-electron chi connectivity index (χ1n) is 8.70. The lowest BCUT2D eigenvalue weighted by molar-refractivity contribution is -0.116. The van der Waals surface area contributed by atoms with Gasteiger partial charge >= 0.3 is 0 Å². The molecule has 3 heterocycles. The first-order valence-corrected chi connectivity index (χ1v) is 8.70. The molecule has 0 aliphatic rings. The van der Waals surface area contributed by atoms with E-state index < -0.39 is 0 Å². The summed E-state index contributed by atoms with van der Waals surface area (Å²) in [4.78, 5) is 24.3. The Labute approximate surface area is 160 Å². The summed E-state index contributed by atoms with van der Waals surface area (Å²) in [6, 6.07) is 11.2. The molecule has 0 saturated heterocycles. The molecule has 4 aromatic rings. The molecule has 9 heteroatoms. The molecule has 0 aliphatic carbocycles. The Balaban J connectivity index is 1.28. The average Bonchev–Trinajstić information content (AvgIpc) is 3.41. The van der Waals surface area contributed by atoms with Crippen LogP contribution < -0.4 is 5.32 Å². The van der Waals surface area contributed by atoms with E-state index in [0.29, 0.717) is 24.7 Å². The number of benzene rings is 1. The Morgan fingerprint density at radius 2 is 1.89 bits per heavy atom. The van der Waals surface area contributed by atoms with Gasteiger partial charge in [0.05, 0.1) is 6.54 Å². The Bertz CT molecular complexity index is 1030. The standard InChI is InChI=1S/C19H17N7O2/c27-17(5-6-18-24-19(25-28-18)15-7-9-20-10-8-15)23-16-3-1-14(2-4-16)11-26-13-21-12-22-26/h1-4,7-10,12-13H,5-6,11H2,(H,23,27). The van der Waals surface area contributed by atoms with E-state index in [2.05, 4.69) is 30.5 Å². The van der Waals surface area contributed by atoms with Gasteiger partial charge in [0.15, 0.2) is 0 Å². The van der Waals surface area contributed by atoms with E-state index in [1.807, 2.05) is 24.3 Å². The summed E-state index contributed by atoms with van der Waals surface area (Å²) in [5.41, 5.74) is 2.62. The third-order valence-electron chi connectivity index (χ3n) is 4.02. The molecule has 140 valence electrons. The second-order valence-corrected chi connectivity index (χ2v) is 6.09. The molecular weight excluding hydrogens is 358 g/mol. The summed E-state index contributed by atoms with van der Waals surface area (Å²) in [6.07, 6.45) is 7.10. The number of anilines is 1. The molecule has 0 unspecified atom stereocenters. The van der Waals surface area contributed by atoms with Crippen LogP contribution in [0.5, 0.6) is 0 Å². The van der Waals surface area contributed by atoms with Crippen LogP contribution in [0.15, 0.2) is 66.0 Å². The highest BCUT2D eigenvalue weighted by atomic mass is 16.5. The number of carbonyl (C=O) groups is 1. The minimum absolute atomic E-state index is 0.118. The molecule has 1 N–H and O–H groups in total.